The average molecular weight is 423 g/mol. The van der Waals surface area contributed by atoms with E-state index in [1.807, 2.05) is 45.0 Å². The number of furan rings is 1. The van der Waals surface area contributed by atoms with Gasteiger partial charge < -0.3 is 18.6 Å². The molecule has 0 radical (unpaired) electrons. The third-order valence-electron chi connectivity index (χ3n) is 5.36. The van der Waals surface area contributed by atoms with E-state index in [1.165, 1.54) is 5.56 Å². The van der Waals surface area contributed by atoms with Crippen LogP contribution in [0.4, 0.5) is 0 Å². The summed E-state index contributed by atoms with van der Waals surface area (Å²) in [6, 6.07) is 12.1. The van der Waals surface area contributed by atoms with E-state index in [-0.39, 0.29) is 6.61 Å². The Kier molecular flexibility index (Phi) is 5.80. The molecule has 2 heterocycles. The maximum Gasteiger partial charge on any atom is 0.343 e. The molecule has 4 rings (SSSR count). The molecule has 3 aromatic rings. The molecular weight excluding hydrogens is 392 g/mol. The van der Waals surface area contributed by atoms with Gasteiger partial charge in [-0.1, -0.05) is 18.2 Å². The Morgan fingerprint density at radius 3 is 2.74 bits per heavy atom. The number of hydrogen-bond donors (Lipinski definition) is 0. The first-order chi connectivity index (χ1) is 14.8. The Labute approximate surface area is 183 Å². The Morgan fingerprint density at radius 1 is 1.19 bits per heavy atom. The van der Waals surface area contributed by atoms with E-state index in [4.69, 9.17) is 18.6 Å². The first kappa shape index (κ1) is 21.4. The van der Waals surface area contributed by atoms with Gasteiger partial charge in [0.25, 0.3) is 0 Å². The van der Waals surface area contributed by atoms with Crippen molar-refractivity contribution in [2.45, 2.75) is 59.2 Å². The Hall–Kier alpha value is -2.79. The Morgan fingerprint density at radius 2 is 2.00 bits per heavy atom. The van der Waals surface area contributed by atoms with E-state index in [2.05, 4.69) is 19.1 Å². The molecule has 1 aliphatic rings. The summed E-state index contributed by atoms with van der Waals surface area (Å²) in [5.41, 5.74) is 4.28. The summed E-state index contributed by atoms with van der Waals surface area (Å²) in [4.78, 5) is 13.0. The van der Waals surface area contributed by atoms with Gasteiger partial charge in [-0.3, -0.25) is 0 Å². The molecule has 0 aliphatic carbocycles. The van der Waals surface area contributed by atoms with Crippen LogP contribution in [0, 0.1) is 6.92 Å². The van der Waals surface area contributed by atoms with E-state index in [1.54, 1.807) is 6.92 Å². The zero-order valence-electron chi connectivity index (χ0n) is 18.9. The highest BCUT2D eigenvalue weighted by molar-refractivity contribution is 6.00. The molecular formula is C26H30O5. The van der Waals surface area contributed by atoms with Crippen molar-refractivity contribution in [3.63, 3.8) is 0 Å². The van der Waals surface area contributed by atoms with E-state index in [0.717, 1.165) is 52.9 Å². The average Bonchev–Trinajstić information content (AvgIpc) is 3.12. The number of carbonyl (C=O) groups excluding carboxylic acids is 1. The zero-order chi connectivity index (χ0) is 22.2. The first-order valence-corrected chi connectivity index (χ1v) is 10.9. The molecule has 5 nitrogen and oxygen atoms in total. The minimum absolute atomic E-state index is 0.271. The number of benzene rings is 2. The minimum atomic E-state index is -0.964. The van der Waals surface area contributed by atoms with Crippen molar-refractivity contribution in [2.75, 3.05) is 13.2 Å². The van der Waals surface area contributed by atoms with Gasteiger partial charge in [0.1, 0.15) is 11.3 Å². The standard InChI is InChI=1S/C26H30O5/c1-6-28-25(27)24(31-26(3,4)5)23-22(21-16(2)9-7-11-20(21)30-23)18-12-13-19-17(15-18)10-8-14-29-19/h7,9,11-13,15,24H,6,8,10,14H2,1-5H3. The lowest BCUT2D eigenvalue weighted by Crippen LogP contribution is -2.28. The van der Waals surface area contributed by atoms with Gasteiger partial charge in [0.15, 0.2) is 5.76 Å². The lowest BCUT2D eigenvalue weighted by atomic mass is 9.94. The van der Waals surface area contributed by atoms with Crippen molar-refractivity contribution in [3.8, 4) is 16.9 Å². The molecule has 31 heavy (non-hydrogen) atoms. The molecule has 0 saturated heterocycles. The van der Waals surface area contributed by atoms with Crippen LogP contribution in [-0.4, -0.2) is 24.8 Å². The van der Waals surface area contributed by atoms with Crippen LogP contribution in [-0.2, 0) is 20.7 Å². The van der Waals surface area contributed by atoms with E-state index >= 15 is 0 Å². The summed E-state index contributed by atoms with van der Waals surface area (Å²) < 4.78 is 23.7. The van der Waals surface area contributed by atoms with E-state index in [0.29, 0.717) is 5.76 Å². The fourth-order valence-corrected chi connectivity index (χ4v) is 4.11. The first-order valence-electron chi connectivity index (χ1n) is 10.9. The molecule has 1 unspecified atom stereocenters. The molecule has 1 aliphatic heterocycles. The van der Waals surface area contributed by atoms with Gasteiger partial charge in [0, 0.05) is 10.9 Å². The number of rotatable bonds is 5. The quantitative estimate of drug-likeness (QED) is 0.461. The van der Waals surface area contributed by atoms with Gasteiger partial charge in [-0.05, 0) is 82.3 Å². The third kappa shape index (κ3) is 4.33. The van der Waals surface area contributed by atoms with Crippen LogP contribution in [0.25, 0.3) is 22.1 Å². The number of aryl methyl sites for hydroxylation is 2. The molecule has 0 spiro atoms. The van der Waals surface area contributed by atoms with Gasteiger partial charge in [-0.25, -0.2) is 4.79 Å². The van der Waals surface area contributed by atoms with Crippen molar-refractivity contribution in [1.29, 1.82) is 0 Å². The third-order valence-corrected chi connectivity index (χ3v) is 5.36. The van der Waals surface area contributed by atoms with Crippen LogP contribution in [0.3, 0.4) is 0 Å². The van der Waals surface area contributed by atoms with Gasteiger partial charge in [0.05, 0.1) is 18.8 Å². The van der Waals surface area contributed by atoms with Crippen molar-refractivity contribution in [3.05, 3.63) is 53.3 Å². The molecule has 0 N–H and O–H groups in total. The van der Waals surface area contributed by atoms with Crippen LogP contribution in [0.1, 0.15) is 57.1 Å². The highest BCUT2D eigenvalue weighted by Crippen LogP contribution is 2.43. The number of esters is 1. The molecule has 1 aromatic heterocycles. The molecule has 0 fully saturated rings. The van der Waals surface area contributed by atoms with Crippen molar-refractivity contribution < 1.29 is 23.4 Å². The molecule has 1 atom stereocenters. The maximum absolute atomic E-state index is 13.0. The van der Waals surface area contributed by atoms with Gasteiger partial charge in [0.2, 0.25) is 6.10 Å². The molecule has 5 heteroatoms. The second-order valence-corrected chi connectivity index (χ2v) is 8.93. The van der Waals surface area contributed by atoms with Crippen LogP contribution < -0.4 is 4.74 Å². The largest absolute Gasteiger partial charge is 0.493 e. The highest BCUT2D eigenvalue weighted by Gasteiger charge is 2.35. The number of carbonyl (C=O) groups is 1. The van der Waals surface area contributed by atoms with Crippen LogP contribution in [0.2, 0.25) is 0 Å². The normalized spacial score (nSPS) is 14.7. The van der Waals surface area contributed by atoms with Crippen molar-refractivity contribution >= 4 is 16.9 Å². The molecule has 164 valence electrons. The molecule has 0 amide bonds. The van der Waals surface area contributed by atoms with Crippen LogP contribution in [0.15, 0.2) is 40.8 Å². The second kappa shape index (κ2) is 8.39. The van der Waals surface area contributed by atoms with Crippen LogP contribution >= 0.6 is 0 Å². The van der Waals surface area contributed by atoms with E-state index < -0.39 is 17.7 Å². The summed E-state index contributed by atoms with van der Waals surface area (Å²) >= 11 is 0. The predicted molar refractivity (Wildman–Crippen MR) is 120 cm³/mol. The van der Waals surface area contributed by atoms with Gasteiger partial charge >= 0.3 is 5.97 Å². The Balaban J connectivity index is 1.95. The van der Waals surface area contributed by atoms with Crippen LogP contribution in [0.5, 0.6) is 5.75 Å². The minimum Gasteiger partial charge on any atom is -0.493 e. The lowest BCUT2D eigenvalue weighted by Gasteiger charge is -2.26. The second-order valence-electron chi connectivity index (χ2n) is 8.93. The lowest BCUT2D eigenvalue weighted by molar-refractivity contribution is -0.168. The topological polar surface area (TPSA) is 57.9 Å². The number of ether oxygens (including phenoxy) is 3. The van der Waals surface area contributed by atoms with E-state index in [9.17, 15) is 4.79 Å². The van der Waals surface area contributed by atoms with Crippen molar-refractivity contribution in [1.82, 2.24) is 0 Å². The SMILES string of the molecule is CCOC(=O)C(OC(C)(C)C)c1oc2cccc(C)c2c1-c1ccc2c(c1)CCCO2. The summed E-state index contributed by atoms with van der Waals surface area (Å²) in [6.07, 6.45) is 0.995. The fraction of sp³-hybridized carbons (Fsp3) is 0.423. The summed E-state index contributed by atoms with van der Waals surface area (Å²) in [5, 5.41) is 0.987. The summed E-state index contributed by atoms with van der Waals surface area (Å²) in [7, 11) is 0. The highest BCUT2D eigenvalue weighted by atomic mass is 16.6. The number of hydrogen-bond acceptors (Lipinski definition) is 5. The Bertz CT molecular complexity index is 1100. The van der Waals surface area contributed by atoms with Crippen molar-refractivity contribution in [2.24, 2.45) is 0 Å². The monoisotopic (exact) mass is 422 g/mol. The number of fused-ring (bicyclic) bond motifs is 2. The smallest absolute Gasteiger partial charge is 0.343 e. The molecule has 0 saturated carbocycles. The zero-order valence-corrected chi connectivity index (χ0v) is 18.9. The van der Waals surface area contributed by atoms with Gasteiger partial charge in [-0.2, -0.15) is 0 Å². The fourth-order valence-electron chi connectivity index (χ4n) is 4.11. The predicted octanol–water partition coefficient (Wildman–Crippen LogP) is 6.15. The molecule has 2 aromatic carbocycles. The molecule has 0 bridgehead atoms. The maximum atomic E-state index is 13.0. The summed E-state index contributed by atoms with van der Waals surface area (Å²) in [5.74, 6) is 0.958. The van der Waals surface area contributed by atoms with Gasteiger partial charge in [-0.15, -0.1) is 0 Å². The summed E-state index contributed by atoms with van der Waals surface area (Å²) in [6.45, 7) is 10.6.